The first-order valence-corrected chi connectivity index (χ1v) is 8.03. The maximum Gasteiger partial charge on any atom is 0.309 e. The predicted octanol–water partition coefficient (Wildman–Crippen LogP) is -0.131. The molecule has 0 radical (unpaired) electrons. The van der Waals surface area contributed by atoms with E-state index in [0.717, 1.165) is 12.8 Å². The minimum Gasteiger partial charge on any atom is -0.481 e. The van der Waals surface area contributed by atoms with Crippen molar-refractivity contribution in [1.82, 2.24) is 10.6 Å². The second kappa shape index (κ2) is 8.71. The number of nitrogens with zero attached hydrogens (tertiary/aromatic N) is 1. The lowest BCUT2D eigenvalue weighted by atomic mass is 9.80. The monoisotopic (exact) mass is 328 g/mol. The summed E-state index contributed by atoms with van der Waals surface area (Å²) in [6, 6.07) is -0.638. The van der Waals surface area contributed by atoms with Gasteiger partial charge in [0.05, 0.1) is 12.0 Å². The van der Waals surface area contributed by atoms with Crippen molar-refractivity contribution in [2.24, 2.45) is 28.7 Å². The molecular formula is C15H28N4O4. The van der Waals surface area contributed by atoms with E-state index in [0.29, 0.717) is 0 Å². The summed E-state index contributed by atoms with van der Waals surface area (Å²) in [5.41, 5.74) is 0. The van der Waals surface area contributed by atoms with Crippen LogP contribution in [0.15, 0.2) is 5.10 Å². The van der Waals surface area contributed by atoms with Crippen LogP contribution in [0.25, 0.3) is 0 Å². The maximum atomic E-state index is 11.6. The number of carboxylic acid groups (broad SMARTS) is 1. The van der Waals surface area contributed by atoms with E-state index in [9.17, 15) is 19.8 Å². The number of hydrazone groups is 1. The Hall–Kier alpha value is -1.83. The molecule has 0 aromatic carbocycles. The van der Waals surface area contributed by atoms with Gasteiger partial charge in [0.1, 0.15) is 6.34 Å². The number of aliphatic hydroxyl groups excluding tert-OH is 1. The van der Waals surface area contributed by atoms with E-state index in [1.807, 2.05) is 13.8 Å². The number of hydrogen-bond acceptors (Lipinski definition) is 5. The Kier molecular flexibility index (Phi) is 7.28. The van der Waals surface area contributed by atoms with Crippen LogP contribution in [0.4, 0.5) is 0 Å². The molecule has 1 rings (SSSR count). The van der Waals surface area contributed by atoms with Crippen molar-refractivity contribution in [3.05, 3.63) is 0 Å². The summed E-state index contributed by atoms with van der Waals surface area (Å²) in [6.45, 7) is 5.46. The van der Waals surface area contributed by atoms with Crippen molar-refractivity contribution in [3.63, 3.8) is 0 Å². The Labute approximate surface area is 136 Å². The van der Waals surface area contributed by atoms with Crippen LogP contribution in [0.1, 0.15) is 40.0 Å². The van der Waals surface area contributed by atoms with E-state index in [1.54, 1.807) is 0 Å². The lowest BCUT2D eigenvalue weighted by Crippen LogP contribution is -2.53. The van der Waals surface area contributed by atoms with Gasteiger partial charge in [-0.3, -0.25) is 9.59 Å². The average Bonchev–Trinajstić information content (AvgIpc) is 2.81. The van der Waals surface area contributed by atoms with Crippen LogP contribution >= 0.6 is 0 Å². The highest BCUT2D eigenvalue weighted by Gasteiger charge is 2.50. The second-order valence-electron chi connectivity index (χ2n) is 6.10. The molecule has 6 N–H and O–H groups in total. The molecule has 1 fully saturated rings. The van der Waals surface area contributed by atoms with Crippen LogP contribution in [0.5, 0.6) is 0 Å². The molecule has 23 heavy (non-hydrogen) atoms. The predicted molar refractivity (Wildman–Crippen MR) is 86.5 cm³/mol. The van der Waals surface area contributed by atoms with Crippen molar-refractivity contribution in [2.75, 3.05) is 0 Å². The number of nitrogens with one attached hydrogen (secondary N) is 2. The summed E-state index contributed by atoms with van der Waals surface area (Å²) in [4.78, 5) is 23.0. The minimum atomic E-state index is -1.05. The van der Waals surface area contributed by atoms with E-state index >= 15 is 0 Å². The van der Waals surface area contributed by atoms with Crippen LogP contribution in [-0.4, -0.2) is 46.6 Å². The molecule has 132 valence electrons. The molecule has 0 spiro atoms. The summed E-state index contributed by atoms with van der Waals surface area (Å²) >= 11 is 0. The van der Waals surface area contributed by atoms with E-state index < -0.39 is 23.9 Å². The SMILES string of the molecule is CCC(CC)C(NC(C)=O)C1C(NC=NN)CC(C(=O)O)C1O. The number of amides is 1. The molecule has 1 aliphatic rings. The Balaban J connectivity index is 3.14. The van der Waals surface area contributed by atoms with E-state index in [2.05, 4.69) is 15.7 Å². The summed E-state index contributed by atoms with van der Waals surface area (Å²) in [5.74, 6) is 2.71. The van der Waals surface area contributed by atoms with Crippen molar-refractivity contribution in [2.45, 2.75) is 58.2 Å². The Morgan fingerprint density at radius 3 is 2.43 bits per heavy atom. The number of carbonyl (C=O) groups excluding carboxylic acids is 1. The smallest absolute Gasteiger partial charge is 0.309 e. The number of nitrogens with two attached hydrogens (primary N) is 1. The third kappa shape index (κ3) is 4.57. The van der Waals surface area contributed by atoms with Crippen molar-refractivity contribution < 1.29 is 19.8 Å². The molecule has 5 atom stereocenters. The molecule has 0 saturated heterocycles. The topological polar surface area (TPSA) is 137 Å². The number of rotatable bonds is 8. The summed E-state index contributed by atoms with van der Waals surface area (Å²) in [6.07, 6.45) is 2.14. The third-order valence-electron chi connectivity index (χ3n) is 4.80. The third-order valence-corrected chi connectivity index (χ3v) is 4.80. The largest absolute Gasteiger partial charge is 0.481 e. The standard InChI is InChI=1S/C15H28N4O4/c1-4-9(5-2)13(19-8(3)20)12-11(17-7-18-16)6-10(14(12)21)15(22)23/h7,9-14,21H,4-6,16H2,1-3H3,(H,17,18)(H,19,20)(H,22,23). The van der Waals surface area contributed by atoms with Gasteiger partial charge in [0.15, 0.2) is 0 Å². The normalized spacial score (nSPS) is 28.9. The fourth-order valence-electron chi connectivity index (χ4n) is 3.66. The average molecular weight is 328 g/mol. The van der Waals surface area contributed by atoms with Crippen LogP contribution in [0.2, 0.25) is 0 Å². The molecule has 1 saturated carbocycles. The zero-order chi connectivity index (χ0) is 17.6. The lowest BCUT2D eigenvalue weighted by molar-refractivity contribution is -0.145. The van der Waals surface area contributed by atoms with Gasteiger partial charge >= 0.3 is 5.97 Å². The first-order valence-electron chi connectivity index (χ1n) is 8.03. The van der Waals surface area contributed by atoms with Gasteiger partial charge in [0.2, 0.25) is 5.91 Å². The highest BCUT2D eigenvalue weighted by Crippen LogP contribution is 2.37. The molecule has 0 aliphatic heterocycles. The zero-order valence-corrected chi connectivity index (χ0v) is 13.9. The molecule has 0 heterocycles. The van der Waals surface area contributed by atoms with E-state index in [1.165, 1.54) is 13.3 Å². The number of aliphatic hydroxyl groups is 1. The molecule has 5 unspecified atom stereocenters. The van der Waals surface area contributed by atoms with Gasteiger partial charge in [-0.2, -0.15) is 5.10 Å². The van der Waals surface area contributed by atoms with Gasteiger partial charge in [0.25, 0.3) is 0 Å². The fourth-order valence-corrected chi connectivity index (χ4v) is 3.66. The molecule has 1 aliphatic carbocycles. The Bertz CT molecular complexity index is 439. The molecular weight excluding hydrogens is 300 g/mol. The van der Waals surface area contributed by atoms with Crippen LogP contribution in [0.3, 0.4) is 0 Å². The summed E-state index contributed by atoms with van der Waals surface area (Å²) in [7, 11) is 0. The number of aliphatic carboxylic acids is 1. The molecule has 0 bridgehead atoms. The number of hydrogen-bond donors (Lipinski definition) is 5. The van der Waals surface area contributed by atoms with Gasteiger partial charge < -0.3 is 26.7 Å². The molecule has 0 aromatic heterocycles. The zero-order valence-electron chi connectivity index (χ0n) is 13.9. The summed E-state index contributed by atoms with van der Waals surface area (Å²) in [5, 5.41) is 29.1. The first kappa shape index (κ1) is 19.2. The van der Waals surface area contributed by atoms with Gasteiger partial charge in [0, 0.05) is 24.9 Å². The minimum absolute atomic E-state index is 0.144. The molecule has 8 nitrogen and oxygen atoms in total. The molecule has 1 amide bonds. The van der Waals surface area contributed by atoms with Crippen molar-refractivity contribution >= 4 is 18.2 Å². The molecule has 8 heteroatoms. The van der Waals surface area contributed by atoms with Crippen LogP contribution in [0, 0.1) is 17.8 Å². The van der Waals surface area contributed by atoms with Gasteiger partial charge in [-0.15, -0.1) is 0 Å². The number of carboxylic acids is 1. The van der Waals surface area contributed by atoms with Crippen LogP contribution in [-0.2, 0) is 9.59 Å². The highest BCUT2D eigenvalue weighted by atomic mass is 16.4. The summed E-state index contributed by atoms with van der Waals surface area (Å²) < 4.78 is 0. The fraction of sp³-hybridized carbons (Fsp3) is 0.800. The van der Waals surface area contributed by atoms with Crippen LogP contribution < -0.4 is 16.5 Å². The second-order valence-corrected chi connectivity index (χ2v) is 6.10. The van der Waals surface area contributed by atoms with Crippen molar-refractivity contribution in [1.29, 1.82) is 0 Å². The van der Waals surface area contributed by atoms with Gasteiger partial charge in [-0.1, -0.05) is 26.7 Å². The first-order chi connectivity index (χ1) is 10.9. The Morgan fingerprint density at radius 1 is 1.39 bits per heavy atom. The quantitative estimate of drug-likeness (QED) is 0.182. The van der Waals surface area contributed by atoms with Gasteiger partial charge in [-0.05, 0) is 12.3 Å². The van der Waals surface area contributed by atoms with Crippen molar-refractivity contribution in [3.8, 4) is 0 Å². The maximum absolute atomic E-state index is 11.6. The van der Waals surface area contributed by atoms with Gasteiger partial charge in [-0.25, -0.2) is 0 Å². The molecule has 0 aromatic rings. The lowest BCUT2D eigenvalue weighted by Gasteiger charge is -2.36. The number of carbonyl (C=O) groups is 2. The Morgan fingerprint density at radius 2 is 2.00 bits per heavy atom. The van der Waals surface area contributed by atoms with E-state index in [4.69, 9.17) is 5.84 Å². The van der Waals surface area contributed by atoms with E-state index in [-0.39, 0.29) is 30.3 Å². The highest BCUT2D eigenvalue weighted by molar-refractivity contribution is 5.74.